The minimum absolute atomic E-state index is 0.131. The van der Waals surface area contributed by atoms with Gasteiger partial charge < -0.3 is 0 Å². The Labute approximate surface area is 137 Å². The van der Waals surface area contributed by atoms with E-state index in [2.05, 4.69) is 60.5 Å². The molecular weight excluding hydrogens is 280 g/mol. The zero-order valence-corrected chi connectivity index (χ0v) is 13.5. The molecule has 2 heteroatoms. The number of nitrogens with zero attached hydrogens (tertiary/aromatic N) is 2. The maximum Gasteiger partial charge on any atom is 0.0897 e. The van der Waals surface area contributed by atoms with E-state index >= 15 is 0 Å². The standard InChI is InChI=1S/C21H20N2/c1-21(2,17-11-5-3-6-12-17)19-15-9-10-16-20(19)23-22-18-13-7-4-8-14-18/h3-16H,1-2H3. The fourth-order valence-corrected chi connectivity index (χ4v) is 2.71. The smallest absolute Gasteiger partial charge is 0.0897 e. The molecule has 0 spiro atoms. The van der Waals surface area contributed by atoms with Gasteiger partial charge in [0.2, 0.25) is 0 Å². The lowest BCUT2D eigenvalue weighted by atomic mass is 9.77. The van der Waals surface area contributed by atoms with Crippen molar-refractivity contribution >= 4 is 11.4 Å². The largest absolute Gasteiger partial charge is 0.151 e. The van der Waals surface area contributed by atoms with E-state index < -0.39 is 0 Å². The molecule has 0 aliphatic carbocycles. The molecule has 0 radical (unpaired) electrons. The Balaban J connectivity index is 2.00. The van der Waals surface area contributed by atoms with Gasteiger partial charge in [-0.15, -0.1) is 0 Å². The Bertz CT molecular complexity index is 790. The van der Waals surface area contributed by atoms with E-state index in [0.29, 0.717) is 0 Å². The molecule has 114 valence electrons. The Hall–Kier alpha value is -2.74. The summed E-state index contributed by atoms with van der Waals surface area (Å²) in [4.78, 5) is 0. The fourth-order valence-electron chi connectivity index (χ4n) is 2.71. The highest BCUT2D eigenvalue weighted by molar-refractivity contribution is 5.53. The molecule has 0 aromatic heterocycles. The zero-order chi connectivity index (χ0) is 16.1. The van der Waals surface area contributed by atoms with Gasteiger partial charge in [-0.2, -0.15) is 10.2 Å². The van der Waals surface area contributed by atoms with Crippen molar-refractivity contribution in [3.05, 3.63) is 96.1 Å². The van der Waals surface area contributed by atoms with Gasteiger partial charge >= 0.3 is 0 Å². The van der Waals surface area contributed by atoms with Crippen molar-refractivity contribution in [2.45, 2.75) is 19.3 Å². The molecule has 0 bridgehead atoms. The van der Waals surface area contributed by atoms with E-state index in [1.807, 2.05) is 48.5 Å². The summed E-state index contributed by atoms with van der Waals surface area (Å²) < 4.78 is 0. The molecule has 0 aliphatic rings. The van der Waals surface area contributed by atoms with E-state index in [9.17, 15) is 0 Å². The first-order valence-electron chi connectivity index (χ1n) is 7.80. The van der Waals surface area contributed by atoms with Crippen LogP contribution in [0.2, 0.25) is 0 Å². The molecule has 0 fully saturated rings. The molecule has 3 aromatic carbocycles. The average Bonchev–Trinajstić information content (AvgIpc) is 2.62. The van der Waals surface area contributed by atoms with E-state index in [4.69, 9.17) is 0 Å². The van der Waals surface area contributed by atoms with Gasteiger partial charge in [0.05, 0.1) is 11.4 Å². The Morgan fingerprint density at radius 2 is 1.17 bits per heavy atom. The van der Waals surface area contributed by atoms with Crippen molar-refractivity contribution in [2.75, 3.05) is 0 Å². The summed E-state index contributed by atoms with van der Waals surface area (Å²) in [5.41, 5.74) is 4.08. The van der Waals surface area contributed by atoms with Crippen LogP contribution in [-0.2, 0) is 5.41 Å². The highest BCUT2D eigenvalue weighted by Gasteiger charge is 2.25. The summed E-state index contributed by atoms with van der Waals surface area (Å²) >= 11 is 0. The van der Waals surface area contributed by atoms with Crippen LogP contribution in [0, 0.1) is 0 Å². The Morgan fingerprint density at radius 3 is 1.87 bits per heavy atom. The van der Waals surface area contributed by atoms with Crippen molar-refractivity contribution < 1.29 is 0 Å². The van der Waals surface area contributed by atoms with Gasteiger partial charge in [-0.3, -0.25) is 0 Å². The molecule has 23 heavy (non-hydrogen) atoms. The van der Waals surface area contributed by atoms with Crippen LogP contribution in [0.1, 0.15) is 25.0 Å². The number of hydrogen-bond donors (Lipinski definition) is 0. The van der Waals surface area contributed by atoms with Gasteiger partial charge in [0, 0.05) is 5.41 Å². The summed E-state index contributed by atoms with van der Waals surface area (Å²) in [5.74, 6) is 0. The second kappa shape index (κ2) is 6.57. The molecule has 0 atom stereocenters. The molecule has 3 aromatic rings. The minimum atomic E-state index is -0.131. The van der Waals surface area contributed by atoms with Crippen LogP contribution in [0.25, 0.3) is 0 Å². The van der Waals surface area contributed by atoms with Crippen LogP contribution in [-0.4, -0.2) is 0 Å². The molecule has 0 unspecified atom stereocenters. The number of hydrogen-bond acceptors (Lipinski definition) is 2. The lowest BCUT2D eigenvalue weighted by molar-refractivity contribution is 0.641. The van der Waals surface area contributed by atoms with Crippen molar-refractivity contribution in [3.8, 4) is 0 Å². The molecule has 2 nitrogen and oxygen atoms in total. The molecular formula is C21H20N2. The van der Waals surface area contributed by atoms with Gasteiger partial charge in [-0.25, -0.2) is 0 Å². The number of rotatable bonds is 4. The third-order valence-electron chi connectivity index (χ3n) is 4.10. The maximum absolute atomic E-state index is 4.49. The minimum Gasteiger partial charge on any atom is -0.151 e. The molecule has 0 saturated carbocycles. The molecule has 0 heterocycles. The molecule has 0 aliphatic heterocycles. The van der Waals surface area contributed by atoms with Crippen LogP contribution in [0.3, 0.4) is 0 Å². The fraction of sp³-hybridized carbons (Fsp3) is 0.143. The summed E-state index contributed by atoms with van der Waals surface area (Å²) in [6.45, 7) is 4.44. The molecule has 0 N–H and O–H groups in total. The number of benzene rings is 3. The van der Waals surface area contributed by atoms with Crippen LogP contribution < -0.4 is 0 Å². The lowest BCUT2D eigenvalue weighted by Gasteiger charge is -2.27. The quantitative estimate of drug-likeness (QED) is 0.496. The van der Waals surface area contributed by atoms with Gasteiger partial charge in [-0.1, -0.05) is 80.6 Å². The van der Waals surface area contributed by atoms with Crippen LogP contribution in [0.4, 0.5) is 11.4 Å². The van der Waals surface area contributed by atoms with Crippen molar-refractivity contribution in [3.63, 3.8) is 0 Å². The first-order valence-corrected chi connectivity index (χ1v) is 7.80. The highest BCUT2D eigenvalue weighted by atomic mass is 15.1. The van der Waals surface area contributed by atoms with Crippen molar-refractivity contribution in [1.29, 1.82) is 0 Å². The average molecular weight is 300 g/mol. The first kappa shape index (κ1) is 15.2. The molecule has 0 saturated heterocycles. The van der Waals surface area contributed by atoms with Crippen LogP contribution >= 0.6 is 0 Å². The monoisotopic (exact) mass is 300 g/mol. The lowest BCUT2D eigenvalue weighted by Crippen LogP contribution is -2.18. The predicted octanol–water partition coefficient (Wildman–Crippen LogP) is 6.43. The second-order valence-corrected chi connectivity index (χ2v) is 6.04. The van der Waals surface area contributed by atoms with E-state index in [1.54, 1.807) is 0 Å². The maximum atomic E-state index is 4.49. The van der Waals surface area contributed by atoms with Gasteiger partial charge in [0.25, 0.3) is 0 Å². The van der Waals surface area contributed by atoms with Crippen LogP contribution in [0.5, 0.6) is 0 Å². The third-order valence-corrected chi connectivity index (χ3v) is 4.10. The van der Waals surface area contributed by atoms with E-state index in [-0.39, 0.29) is 5.41 Å². The number of azo groups is 1. The Kier molecular flexibility index (Phi) is 4.33. The SMILES string of the molecule is CC(C)(c1ccccc1)c1ccccc1N=Nc1ccccc1. The van der Waals surface area contributed by atoms with Gasteiger partial charge in [0.15, 0.2) is 0 Å². The zero-order valence-electron chi connectivity index (χ0n) is 13.5. The third kappa shape index (κ3) is 3.37. The van der Waals surface area contributed by atoms with E-state index in [0.717, 1.165) is 11.4 Å². The predicted molar refractivity (Wildman–Crippen MR) is 95.6 cm³/mol. The summed E-state index contributed by atoms with van der Waals surface area (Å²) in [6.07, 6.45) is 0. The summed E-state index contributed by atoms with van der Waals surface area (Å²) in [5, 5.41) is 8.86. The summed E-state index contributed by atoms with van der Waals surface area (Å²) in [7, 11) is 0. The van der Waals surface area contributed by atoms with Crippen molar-refractivity contribution in [2.24, 2.45) is 10.2 Å². The summed E-state index contributed by atoms with van der Waals surface area (Å²) in [6, 6.07) is 28.5. The molecule has 3 rings (SSSR count). The van der Waals surface area contributed by atoms with Crippen molar-refractivity contribution in [1.82, 2.24) is 0 Å². The van der Waals surface area contributed by atoms with E-state index in [1.165, 1.54) is 11.1 Å². The highest BCUT2D eigenvalue weighted by Crippen LogP contribution is 2.37. The topological polar surface area (TPSA) is 24.7 Å². The Morgan fingerprint density at radius 1 is 0.609 bits per heavy atom. The molecule has 0 amide bonds. The van der Waals surface area contributed by atoms with Crippen LogP contribution in [0.15, 0.2) is 95.2 Å². The normalized spacial score (nSPS) is 11.7. The second-order valence-electron chi connectivity index (χ2n) is 6.04. The first-order chi connectivity index (χ1) is 11.2. The van der Waals surface area contributed by atoms with Gasteiger partial charge in [-0.05, 0) is 29.3 Å². The van der Waals surface area contributed by atoms with Gasteiger partial charge in [0.1, 0.15) is 0 Å².